The second kappa shape index (κ2) is 7.30. The lowest BCUT2D eigenvalue weighted by Crippen LogP contribution is -2.33. The smallest absolute Gasteiger partial charge is 0.122 e. The number of hydrogen-bond donors (Lipinski definition) is 0. The number of halogens is 1. The summed E-state index contributed by atoms with van der Waals surface area (Å²) in [6.07, 6.45) is 9.23. The Hall–Kier alpha value is -1.32. The van der Waals surface area contributed by atoms with Crippen LogP contribution in [0, 0.1) is 0 Å². The fourth-order valence-corrected chi connectivity index (χ4v) is 3.59. The van der Waals surface area contributed by atoms with Gasteiger partial charge in [0.15, 0.2) is 0 Å². The molecule has 0 spiro atoms. The van der Waals surface area contributed by atoms with E-state index in [1.54, 1.807) is 0 Å². The number of hydrogen-bond acceptors (Lipinski definition) is 2. The largest absolute Gasteiger partial charge is 0.334 e. The van der Waals surface area contributed by atoms with Crippen molar-refractivity contribution < 1.29 is 0 Å². The molecule has 0 N–H and O–H groups in total. The van der Waals surface area contributed by atoms with Crippen molar-refractivity contribution in [2.24, 2.45) is 0 Å². The van der Waals surface area contributed by atoms with Crippen LogP contribution in [-0.2, 0) is 19.6 Å². The molecule has 1 aliphatic carbocycles. The van der Waals surface area contributed by atoms with Crippen LogP contribution in [0.5, 0.6) is 0 Å². The lowest BCUT2D eigenvalue weighted by molar-refractivity contribution is 0.174. The van der Waals surface area contributed by atoms with Gasteiger partial charge in [0.05, 0.1) is 6.54 Å². The zero-order valence-corrected chi connectivity index (χ0v) is 14.0. The maximum Gasteiger partial charge on any atom is 0.122 e. The van der Waals surface area contributed by atoms with Crippen molar-refractivity contribution in [3.63, 3.8) is 0 Å². The molecule has 1 heterocycles. The molecule has 1 saturated carbocycles. The summed E-state index contributed by atoms with van der Waals surface area (Å²) in [5, 5.41) is 0.865. The Morgan fingerprint density at radius 1 is 1.23 bits per heavy atom. The molecular weight excluding hydrogens is 294 g/mol. The molecule has 3 rings (SSSR count). The van der Waals surface area contributed by atoms with Crippen LogP contribution in [0.15, 0.2) is 36.7 Å². The van der Waals surface area contributed by atoms with Crippen LogP contribution in [0.1, 0.15) is 44.0 Å². The molecule has 0 radical (unpaired) electrons. The van der Waals surface area contributed by atoms with Gasteiger partial charge in [-0.05, 0) is 31.4 Å². The second-order valence-electron chi connectivity index (χ2n) is 6.06. The van der Waals surface area contributed by atoms with Crippen molar-refractivity contribution in [3.05, 3.63) is 53.1 Å². The number of nitrogens with zero attached hydrogens (tertiary/aromatic N) is 3. The Bertz CT molecular complexity index is 602. The molecule has 22 heavy (non-hydrogen) atoms. The summed E-state index contributed by atoms with van der Waals surface area (Å²) < 4.78 is 2.23. The van der Waals surface area contributed by atoms with Crippen molar-refractivity contribution in [1.82, 2.24) is 14.5 Å². The number of aromatic nitrogens is 2. The summed E-state index contributed by atoms with van der Waals surface area (Å²) in [5.41, 5.74) is 1.21. The predicted molar refractivity (Wildman–Crippen MR) is 90.9 cm³/mol. The van der Waals surface area contributed by atoms with Gasteiger partial charge in [0.25, 0.3) is 0 Å². The Morgan fingerprint density at radius 3 is 2.73 bits per heavy atom. The third-order valence-electron chi connectivity index (χ3n) is 4.66. The molecule has 0 amide bonds. The highest BCUT2D eigenvalue weighted by molar-refractivity contribution is 6.31. The summed E-state index contributed by atoms with van der Waals surface area (Å²) >= 11 is 6.37. The van der Waals surface area contributed by atoms with Crippen molar-refractivity contribution >= 4 is 11.6 Å². The van der Waals surface area contributed by atoms with Crippen molar-refractivity contribution in [3.8, 4) is 0 Å². The molecule has 0 bridgehead atoms. The first-order chi connectivity index (χ1) is 10.8. The molecule has 1 aliphatic rings. The first-order valence-electron chi connectivity index (χ1n) is 8.25. The van der Waals surface area contributed by atoms with Crippen LogP contribution in [-0.4, -0.2) is 20.5 Å². The average molecular weight is 318 g/mol. The van der Waals surface area contributed by atoms with E-state index in [2.05, 4.69) is 39.7 Å². The van der Waals surface area contributed by atoms with Crippen LogP contribution in [0.3, 0.4) is 0 Å². The Kier molecular flexibility index (Phi) is 5.16. The van der Waals surface area contributed by atoms with Gasteiger partial charge >= 0.3 is 0 Å². The minimum absolute atomic E-state index is 0.651. The van der Waals surface area contributed by atoms with Crippen molar-refractivity contribution in [2.45, 2.75) is 58.3 Å². The zero-order chi connectivity index (χ0) is 15.4. The molecule has 3 nitrogen and oxygen atoms in total. The molecule has 0 aliphatic heterocycles. The van der Waals surface area contributed by atoms with Gasteiger partial charge in [-0.2, -0.15) is 0 Å². The van der Waals surface area contributed by atoms with Gasteiger partial charge in [-0.25, -0.2) is 4.98 Å². The van der Waals surface area contributed by atoms with Crippen molar-refractivity contribution in [2.75, 3.05) is 0 Å². The number of benzene rings is 1. The van der Waals surface area contributed by atoms with E-state index in [0.29, 0.717) is 6.04 Å². The van der Waals surface area contributed by atoms with E-state index >= 15 is 0 Å². The maximum absolute atomic E-state index is 6.37. The number of aryl methyl sites for hydroxylation is 1. The molecule has 4 heteroatoms. The quantitative estimate of drug-likeness (QED) is 0.782. The van der Waals surface area contributed by atoms with E-state index in [1.165, 1.54) is 31.2 Å². The summed E-state index contributed by atoms with van der Waals surface area (Å²) in [6.45, 7) is 4.94. The minimum Gasteiger partial charge on any atom is -0.334 e. The normalized spacial score (nSPS) is 15.8. The average Bonchev–Trinajstić information content (AvgIpc) is 3.19. The minimum atomic E-state index is 0.651. The van der Waals surface area contributed by atoms with Crippen LogP contribution < -0.4 is 0 Å². The van der Waals surface area contributed by atoms with Crippen LogP contribution in [0.2, 0.25) is 5.02 Å². The molecular formula is C18H24ClN3. The van der Waals surface area contributed by atoms with Crippen LogP contribution in [0.4, 0.5) is 0 Å². The van der Waals surface area contributed by atoms with E-state index in [0.717, 1.165) is 30.5 Å². The van der Waals surface area contributed by atoms with E-state index < -0.39 is 0 Å². The Balaban J connectivity index is 1.79. The number of imidazole rings is 1. The molecule has 118 valence electrons. The van der Waals surface area contributed by atoms with E-state index in [4.69, 9.17) is 11.6 Å². The predicted octanol–water partition coefficient (Wildman–Crippen LogP) is 4.50. The third-order valence-corrected chi connectivity index (χ3v) is 5.03. The molecule has 1 fully saturated rings. The lowest BCUT2D eigenvalue weighted by atomic mass is 10.1. The highest BCUT2D eigenvalue weighted by Crippen LogP contribution is 2.28. The van der Waals surface area contributed by atoms with Gasteiger partial charge in [0.2, 0.25) is 0 Å². The van der Waals surface area contributed by atoms with Crippen LogP contribution in [0.25, 0.3) is 0 Å². The number of rotatable bonds is 6. The molecule has 0 unspecified atom stereocenters. The monoisotopic (exact) mass is 317 g/mol. The standard InChI is InChI=1S/C18H24ClN3/c1-2-21-12-11-20-18(21)14-22(16-8-4-5-9-16)13-15-7-3-6-10-17(15)19/h3,6-7,10-12,16H,2,4-5,8-9,13-14H2,1H3. The summed E-state index contributed by atoms with van der Waals surface area (Å²) in [7, 11) is 0. The summed E-state index contributed by atoms with van der Waals surface area (Å²) in [5.74, 6) is 1.15. The molecule has 1 aromatic carbocycles. The Labute approximate surface area is 137 Å². The van der Waals surface area contributed by atoms with Gasteiger partial charge in [-0.1, -0.05) is 42.6 Å². The fraction of sp³-hybridized carbons (Fsp3) is 0.500. The van der Waals surface area contributed by atoms with E-state index in [-0.39, 0.29) is 0 Å². The maximum atomic E-state index is 6.37. The molecule has 0 atom stereocenters. The van der Waals surface area contributed by atoms with Gasteiger partial charge in [0.1, 0.15) is 5.82 Å². The van der Waals surface area contributed by atoms with Gasteiger partial charge < -0.3 is 4.57 Å². The highest BCUT2D eigenvalue weighted by atomic mass is 35.5. The van der Waals surface area contributed by atoms with E-state index in [9.17, 15) is 0 Å². The topological polar surface area (TPSA) is 21.1 Å². The molecule has 0 saturated heterocycles. The SMILES string of the molecule is CCn1ccnc1CN(Cc1ccccc1Cl)C1CCCC1. The molecule has 1 aromatic heterocycles. The highest BCUT2D eigenvalue weighted by Gasteiger charge is 2.24. The first-order valence-corrected chi connectivity index (χ1v) is 8.63. The fourth-order valence-electron chi connectivity index (χ4n) is 3.39. The van der Waals surface area contributed by atoms with Gasteiger partial charge in [-0.15, -0.1) is 0 Å². The third kappa shape index (κ3) is 3.53. The van der Waals surface area contributed by atoms with Crippen molar-refractivity contribution in [1.29, 1.82) is 0 Å². The summed E-state index contributed by atoms with van der Waals surface area (Å²) in [6, 6.07) is 8.84. The zero-order valence-electron chi connectivity index (χ0n) is 13.2. The first kappa shape index (κ1) is 15.6. The van der Waals surface area contributed by atoms with Gasteiger partial charge in [0, 0.05) is 36.5 Å². The van der Waals surface area contributed by atoms with Gasteiger partial charge in [-0.3, -0.25) is 4.90 Å². The lowest BCUT2D eigenvalue weighted by Gasteiger charge is -2.29. The molecule has 2 aromatic rings. The summed E-state index contributed by atoms with van der Waals surface area (Å²) in [4.78, 5) is 7.11. The second-order valence-corrected chi connectivity index (χ2v) is 6.47. The van der Waals surface area contributed by atoms with Crippen LogP contribution >= 0.6 is 11.6 Å². The van der Waals surface area contributed by atoms with E-state index in [1.807, 2.05) is 18.3 Å². The Morgan fingerprint density at radius 2 is 2.00 bits per heavy atom.